The van der Waals surface area contributed by atoms with Gasteiger partial charge in [-0.05, 0) is 31.0 Å². The van der Waals surface area contributed by atoms with Gasteiger partial charge in [-0.2, -0.15) is 0 Å². The Labute approximate surface area is 143 Å². The van der Waals surface area contributed by atoms with E-state index in [1.54, 1.807) is 6.07 Å². The molecule has 1 unspecified atom stereocenters. The van der Waals surface area contributed by atoms with E-state index in [0.29, 0.717) is 29.7 Å². The minimum Gasteiger partial charge on any atom is -0.507 e. The third-order valence-corrected chi connectivity index (χ3v) is 5.00. The van der Waals surface area contributed by atoms with Crippen LogP contribution in [0.5, 0.6) is 17.2 Å². The number of ketones is 2. The van der Waals surface area contributed by atoms with Crippen LogP contribution in [0.4, 0.5) is 0 Å². The second kappa shape index (κ2) is 5.32. The maximum atomic E-state index is 12.9. The first-order valence-electron chi connectivity index (χ1n) is 7.99. The lowest BCUT2D eigenvalue weighted by Crippen LogP contribution is -2.25. The molecule has 1 atom stereocenters. The fraction of sp³-hybridized carbons (Fsp3) is 0.263. The largest absolute Gasteiger partial charge is 0.507 e. The first-order chi connectivity index (χ1) is 11.9. The van der Waals surface area contributed by atoms with Crippen molar-refractivity contribution in [3.05, 3.63) is 51.6 Å². The Bertz CT molecular complexity index is 944. The molecular formula is C19H16O6. The van der Waals surface area contributed by atoms with Crippen molar-refractivity contribution in [1.82, 2.24) is 0 Å². The Morgan fingerprint density at radius 3 is 2.32 bits per heavy atom. The SMILES string of the molecule is COc1ccc2c(c1)C(=O)c1c(O)c3c(c(O)c1C2=O)CCC(O)C3. The molecule has 0 spiro atoms. The highest BCUT2D eigenvalue weighted by Crippen LogP contribution is 2.45. The smallest absolute Gasteiger partial charge is 0.198 e. The monoisotopic (exact) mass is 340 g/mol. The molecule has 4 rings (SSSR count). The average molecular weight is 340 g/mol. The molecule has 0 heterocycles. The highest BCUT2D eigenvalue weighted by atomic mass is 16.5. The molecule has 0 amide bonds. The van der Waals surface area contributed by atoms with Crippen LogP contribution < -0.4 is 4.74 Å². The van der Waals surface area contributed by atoms with Gasteiger partial charge in [0.05, 0.1) is 24.3 Å². The summed E-state index contributed by atoms with van der Waals surface area (Å²) in [6, 6.07) is 4.50. The number of aromatic hydroxyl groups is 2. The number of fused-ring (bicyclic) bond motifs is 3. The van der Waals surface area contributed by atoms with Crippen molar-refractivity contribution in [2.45, 2.75) is 25.4 Å². The molecule has 0 saturated heterocycles. The van der Waals surface area contributed by atoms with Gasteiger partial charge in [0.2, 0.25) is 0 Å². The number of phenolic OH excluding ortho intramolecular Hbond substituents is 2. The van der Waals surface area contributed by atoms with Crippen LogP contribution >= 0.6 is 0 Å². The highest BCUT2D eigenvalue weighted by Gasteiger charge is 2.39. The van der Waals surface area contributed by atoms with Crippen LogP contribution in [0.25, 0.3) is 0 Å². The van der Waals surface area contributed by atoms with E-state index >= 15 is 0 Å². The molecule has 0 fully saturated rings. The Hall–Kier alpha value is -2.86. The predicted molar refractivity (Wildman–Crippen MR) is 87.7 cm³/mol. The molecule has 3 N–H and O–H groups in total. The van der Waals surface area contributed by atoms with Gasteiger partial charge in [-0.25, -0.2) is 0 Å². The van der Waals surface area contributed by atoms with Crippen LogP contribution in [0.3, 0.4) is 0 Å². The Morgan fingerprint density at radius 1 is 1.00 bits per heavy atom. The van der Waals surface area contributed by atoms with Crippen molar-refractivity contribution in [3.8, 4) is 17.2 Å². The standard InChI is InChI=1S/C19H16O6/c1-25-9-3-5-11-13(7-9)19(24)15-14(17(11)22)16(21)10-4-2-8(20)6-12(10)18(15)23/h3,5,7-8,20-21,23H,2,4,6H2,1H3. The molecule has 6 nitrogen and oxygen atoms in total. The molecular weight excluding hydrogens is 324 g/mol. The maximum absolute atomic E-state index is 12.9. The van der Waals surface area contributed by atoms with Gasteiger partial charge in [0.1, 0.15) is 17.2 Å². The van der Waals surface area contributed by atoms with E-state index in [9.17, 15) is 24.9 Å². The van der Waals surface area contributed by atoms with Crippen LogP contribution in [-0.2, 0) is 12.8 Å². The zero-order valence-electron chi connectivity index (χ0n) is 13.5. The third-order valence-electron chi connectivity index (χ3n) is 5.00. The number of carbonyl (C=O) groups excluding carboxylic acids is 2. The molecule has 25 heavy (non-hydrogen) atoms. The molecule has 2 aromatic rings. The molecule has 0 aliphatic heterocycles. The van der Waals surface area contributed by atoms with Gasteiger partial charge in [-0.1, -0.05) is 0 Å². The number of hydrogen-bond donors (Lipinski definition) is 3. The fourth-order valence-electron chi connectivity index (χ4n) is 3.71. The number of benzene rings is 2. The number of hydrogen-bond acceptors (Lipinski definition) is 6. The van der Waals surface area contributed by atoms with Crippen molar-refractivity contribution in [1.29, 1.82) is 0 Å². The summed E-state index contributed by atoms with van der Waals surface area (Å²) in [6.07, 6.45) is 0.237. The fourth-order valence-corrected chi connectivity index (χ4v) is 3.71. The summed E-state index contributed by atoms with van der Waals surface area (Å²) in [5.74, 6) is -1.23. The highest BCUT2D eigenvalue weighted by molar-refractivity contribution is 6.30. The Balaban J connectivity index is 2.01. The summed E-state index contributed by atoms with van der Waals surface area (Å²) in [6.45, 7) is 0. The molecule has 0 aromatic heterocycles. The summed E-state index contributed by atoms with van der Waals surface area (Å²) < 4.78 is 5.10. The van der Waals surface area contributed by atoms with E-state index in [0.717, 1.165) is 0 Å². The van der Waals surface area contributed by atoms with E-state index in [4.69, 9.17) is 4.74 Å². The Morgan fingerprint density at radius 2 is 1.64 bits per heavy atom. The third kappa shape index (κ3) is 2.07. The van der Waals surface area contributed by atoms with Gasteiger partial charge >= 0.3 is 0 Å². The van der Waals surface area contributed by atoms with Crippen LogP contribution in [0, 0.1) is 0 Å². The molecule has 2 aliphatic rings. The van der Waals surface area contributed by atoms with Crippen molar-refractivity contribution >= 4 is 11.6 Å². The second-order valence-electron chi connectivity index (χ2n) is 6.37. The van der Waals surface area contributed by atoms with E-state index in [1.807, 2.05) is 0 Å². The van der Waals surface area contributed by atoms with Crippen LogP contribution in [-0.4, -0.2) is 40.1 Å². The lowest BCUT2D eigenvalue weighted by molar-refractivity contribution is 0.0972. The minimum atomic E-state index is -0.655. The van der Waals surface area contributed by atoms with Gasteiger partial charge in [-0.3, -0.25) is 9.59 Å². The molecule has 6 heteroatoms. The normalized spacial score (nSPS) is 18.4. The second-order valence-corrected chi connectivity index (χ2v) is 6.37. The van der Waals surface area contributed by atoms with Gasteiger partial charge in [-0.15, -0.1) is 0 Å². The summed E-state index contributed by atoms with van der Waals surface area (Å²) in [7, 11) is 1.45. The Kier molecular flexibility index (Phi) is 3.33. The topological polar surface area (TPSA) is 104 Å². The van der Waals surface area contributed by atoms with Crippen molar-refractivity contribution in [3.63, 3.8) is 0 Å². The van der Waals surface area contributed by atoms with E-state index in [-0.39, 0.29) is 40.2 Å². The van der Waals surface area contributed by atoms with Crippen LogP contribution in [0.15, 0.2) is 18.2 Å². The zero-order chi connectivity index (χ0) is 17.9. The van der Waals surface area contributed by atoms with Crippen molar-refractivity contribution in [2.75, 3.05) is 7.11 Å². The van der Waals surface area contributed by atoms with E-state index in [1.165, 1.54) is 19.2 Å². The summed E-state index contributed by atoms with van der Waals surface area (Å²) in [5, 5.41) is 31.1. The lowest BCUT2D eigenvalue weighted by Gasteiger charge is -2.27. The predicted octanol–water partition coefficient (Wildman–Crippen LogP) is 1.73. The molecule has 128 valence electrons. The molecule has 2 aliphatic carbocycles. The number of aliphatic hydroxyl groups excluding tert-OH is 1. The number of aliphatic hydroxyl groups is 1. The van der Waals surface area contributed by atoms with Crippen molar-refractivity contribution in [2.24, 2.45) is 0 Å². The molecule has 0 radical (unpaired) electrons. The first-order valence-corrected chi connectivity index (χ1v) is 7.99. The van der Waals surface area contributed by atoms with E-state index < -0.39 is 17.7 Å². The van der Waals surface area contributed by atoms with E-state index in [2.05, 4.69) is 0 Å². The number of methoxy groups -OCH3 is 1. The van der Waals surface area contributed by atoms with Gasteiger partial charge in [0.15, 0.2) is 11.6 Å². The van der Waals surface area contributed by atoms with Crippen molar-refractivity contribution < 1.29 is 29.6 Å². The summed E-state index contributed by atoms with van der Waals surface area (Å²) >= 11 is 0. The first kappa shape index (κ1) is 15.7. The molecule has 2 aromatic carbocycles. The van der Waals surface area contributed by atoms with Gasteiger partial charge in [0.25, 0.3) is 0 Å². The quantitative estimate of drug-likeness (QED) is 0.583. The average Bonchev–Trinajstić information content (AvgIpc) is 2.62. The summed E-state index contributed by atoms with van der Waals surface area (Å²) in [5.41, 5.74) is 0.709. The molecule has 0 saturated carbocycles. The lowest BCUT2D eigenvalue weighted by atomic mass is 9.77. The van der Waals surface area contributed by atoms with Gasteiger partial charge in [0, 0.05) is 28.7 Å². The number of phenols is 2. The molecule has 0 bridgehead atoms. The van der Waals surface area contributed by atoms with Crippen LogP contribution in [0.1, 0.15) is 49.4 Å². The number of ether oxygens (including phenoxy) is 1. The number of carbonyl (C=O) groups is 2. The number of rotatable bonds is 1. The summed E-state index contributed by atoms with van der Waals surface area (Å²) in [4.78, 5) is 25.8. The zero-order valence-corrected chi connectivity index (χ0v) is 13.5. The minimum absolute atomic E-state index is 0.128. The van der Waals surface area contributed by atoms with Crippen LogP contribution in [0.2, 0.25) is 0 Å². The maximum Gasteiger partial charge on any atom is 0.198 e. The van der Waals surface area contributed by atoms with Gasteiger partial charge < -0.3 is 20.1 Å².